The molecule has 0 spiro atoms. The smallest absolute Gasteiger partial charge is 0.255 e. The zero-order valence-electron chi connectivity index (χ0n) is 11.3. The van der Waals surface area contributed by atoms with Crippen molar-refractivity contribution < 1.29 is 9.53 Å². The molecule has 1 fully saturated rings. The minimum absolute atomic E-state index is 0.0272. The maximum Gasteiger partial charge on any atom is 0.255 e. The van der Waals surface area contributed by atoms with E-state index in [4.69, 9.17) is 27.9 Å². The molecular formula is C14H16BrCl2NO2. The van der Waals surface area contributed by atoms with E-state index >= 15 is 0 Å². The summed E-state index contributed by atoms with van der Waals surface area (Å²) in [5.74, 6) is -0.111. The SMILES string of the molecule is CC1(C)CN(C(=O)c2cc(Cl)ccc2Cl)CC(CBr)O1. The lowest BCUT2D eigenvalue weighted by Crippen LogP contribution is -2.55. The van der Waals surface area contributed by atoms with Gasteiger partial charge in [-0.15, -0.1) is 0 Å². The number of rotatable bonds is 2. The molecule has 6 heteroatoms. The van der Waals surface area contributed by atoms with Crippen molar-refractivity contribution in [3.05, 3.63) is 33.8 Å². The number of benzene rings is 1. The van der Waals surface area contributed by atoms with E-state index < -0.39 is 0 Å². The van der Waals surface area contributed by atoms with E-state index in [0.29, 0.717) is 34.0 Å². The van der Waals surface area contributed by atoms with Crippen molar-refractivity contribution in [3.8, 4) is 0 Å². The van der Waals surface area contributed by atoms with Crippen LogP contribution in [0, 0.1) is 0 Å². The van der Waals surface area contributed by atoms with E-state index in [9.17, 15) is 4.79 Å². The predicted molar refractivity (Wildman–Crippen MR) is 85.1 cm³/mol. The maximum absolute atomic E-state index is 12.6. The maximum atomic E-state index is 12.6. The average Bonchev–Trinajstić information content (AvgIpc) is 2.38. The van der Waals surface area contributed by atoms with Crippen molar-refractivity contribution in [1.82, 2.24) is 4.90 Å². The minimum atomic E-state index is -0.378. The topological polar surface area (TPSA) is 29.5 Å². The molecule has 20 heavy (non-hydrogen) atoms. The number of halogens is 3. The number of carbonyl (C=O) groups is 1. The zero-order chi connectivity index (χ0) is 14.9. The second kappa shape index (κ2) is 6.22. The lowest BCUT2D eigenvalue weighted by molar-refractivity contribution is -0.116. The Morgan fingerprint density at radius 1 is 1.50 bits per heavy atom. The standard InChI is InChI=1S/C14H16BrCl2NO2/c1-14(2)8-18(7-10(6-15)20-14)13(19)11-5-9(16)3-4-12(11)17/h3-5,10H,6-8H2,1-2H3. The van der Waals surface area contributed by atoms with Crippen LogP contribution in [0.4, 0.5) is 0 Å². The van der Waals surface area contributed by atoms with Gasteiger partial charge in [0.05, 0.1) is 22.3 Å². The molecule has 0 aromatic heterocycles. The van der Waals surface area contributed by atoms with Crippen molar-refractivity contribution in [2.75, 3.05) is 18.4 Å². The molecule has 1 unspecified atom stereocenters. The van der Waals surface area contributed by atoms with Crippen molar-refractivity contribution in [2.24, 2.45) is 0 Å². The Bertz CT molecular complexity index is 522. The first-order valence-corrected chi connectivity index (χ1v) is 8.18. The molecule has 0 radical (unpaired) electrons. The fourth-order valence-electron chi connectivity index (χ4n) is 2.36. The third-order valence-corrected chi connectivity index (χ3v) is 4.39. The molecule has 110 valence electrons. The van der Waals surface area contributed by atoms with Crippen LogP contribution in [-0.2, 0) is 4.74 Å². The van der Waals surface area contributed by atoms with Crippen LogP contribution in [0.2, 0.25) is 10.0 Å². The van der Waals surface area contributed by atoms with Gasteiger partial charge in [0.25, 0.3) is 5.91 Å². The Morgan fingerprint density at radius 2 is 2.20 bits per heavy atom. The molecule has 1 saturated heterocycles. The molecule has 1 aliphatic rings. The Balaban J connectivity index is 2.25. The molecule has 1 aromatic carbocycles. The second-order valence-electron chi connectivity index (χ2n) is 5.46. The normalized spacial score (nSPS) is 21.9. The fourth-order valence-corrected chi connectivity index (χ4v) is 3.07. The molecular weight excluding hydrogens is 365 g/mol. The van der Waals surface area contributed by atoms with Crippen LogP contribution in [0.5, 0.6) is 0 Å². The number of nitrogens with zero attached hydrogens (tertiary/aromatic N) is 1. The predicted octanol–water partition coefficient (Wildman–Crippen LogP) is 4.01. The summed E-state index contributed by atoms with van der Waals surface area (Å²) in [4.78, 5) is 14.4. The number of alkyl halides is 1. The number of carbonyl (C=O) groups excluding carboxylic acids is 1. The van der Waals surface area contributed by atoms with Crippen LogP contribution in [0.1, 0.15) is 24.2 Å². The van der Waals surface area contributed by atoms with E-state index in [0.717, 1.165) is 0 Å². The number of hydrogen-bond donors (Lipinski definition) is 0. The monoisotopic (exact) mass is 379 g/mol. The Hall–Kier alpha value is -0.290. The second-order valence-corrected chi connectivity index (χ2v) is 6.95. The van der Waals surface area contributed by atoms with Gasteiger partial charge in [-0.05, 0) is 32.0 Å². The quantitative estimate of drug-likeness (QED) is 0.725. The van der Waals surface area contributed by atoms with Gasteiger partial charge in [-0.1, -0.05) is 39.1 Å². The summed E-state index contributed by atoms with van der Waals surface area (Å²) in [6.07, 6.45) is -0.0272. The fraction of sp³-hybridized carbons (Fsp3) is 0.500. The summed E-state index contributed by atoms with van der Waals surface area (Å²) in [5, 5.41) is 1.60. The van der Waals surface area contributed by atoms with Crippen LogP contribution >= 0.6 is 39.1 Å². The molecule has 0 saturated carbocycles. The van der Waals surface area contributed by atoms with Gasteiger partial charge in [-0.3, -0.25) is 4.79 Å². The first-order chi connectivity index (χ1) is 9.32. The summed E-state index contributed by atoms with van der Waals surface area (Å²) in [5.41, 5.74) is 0.0578. The highest BCUT2D eigenvalue weighted by Crippen LogP contribution is 2.27. The van der Waals surface area contributed by atoms with Crippen LogP contribution in [0.25, 0.3) is 0 Å². The molecule has 3 nitrogen and oxygen atoms in total. The molecule has 1 atom stereocenters. The van der Waals surface area contributed by atoms with Crippen molar-refractivity contribution in [2.45, 2.75) is 25.6 Å². The van der Waals surface area contributed by atoms with Gasteiger partial charge >= 0.3 is 0 Å². The van der Waals surface area contributed by atoms with Crippen LogP contribution in [-0.4, -0.2) is 40.9 Å². The largest absolute Gasteiger partial charge is 0.368 e. The highest BCUT2D eigenvalue weighted by atomic mass is 79.9. The average molecular weight is 381 g/mol. The molecule has 0 aliphatic carbocycles. The van der Waals surface area contributed by atoms with E-state index in [1.165, 1.54) is 0 Å². The van der Waals surface area contributed by atoms with Crippen LogP contribution in [0.3, 0.4) is 0 Å². The zero-order valence-corrected chi connectivity index (χ0v) is 14.4. The summed E-state index contributed by atoms with van der Waals surface area (Å²) in [6, 6.07) is 4.92. The summed E-state index contributed by atoms with van der Waals surface area (Å²) in [6.45, 7) is 5.01. The van der Waals surface area contributed by atoms with Gasteiger partial charge in [0.1, 0.15) is 0 Å². The minimum Gasteiger partial charge on any atom is -0.368 e. The lowest BCUT2D eigenvalue weighted by atomic mass is 10.0. The molecule has 2 rings (SSSR count). The van der Waals surface area contributed by atoms with Gasteiger partial charge in [-0.25, -0.2) is 0 Å². The molecule has 1 heterocycles. The Labute approximate surface area is 137 Å². The number of amides is 1. The first-order valence-electron chi connectivity index (χ1n) is 6.30. The van der Waals surface area contributed by atoms with Crippen LogP contribution in [0.15, 0.2) is 18.2 Å². The lowest BCUT2D eigenvalue weighted by Gasteiger charge is -2.42. The van der Waals surface area contributed by atoms with Gasteiger partial charge in [0.2, 0.25) is 0 Å². The Morgan fingerprint density at radius 3 is 2.85 bits per heavy atom. The number of hydrogen-bond acceptors (Lipinski definition) is 2. The third-order valence-electron chi connectivity index (χ3n) is 3.10. The molecule has 1 aromatic rings. The van der Waals surface area contributed by atoms with E-state index in [2.05, 4.69) is 15.9 Å². The van der Waals surface area contributed by atoms with E-state index in [1.54, 1.807) is 23.1 Å². The Kier molecular flexibility index (Phi) is 5.00. The summed E-state index contributed by atoms with van der Waals surface area (Å²) < 4.78 is 5.89. The van der Waals surface area contributed by atoms with Gasteiger partial charge < -0.3 is 9.64 Å². The molecule has 0 bridgehead atoms. The van der Waals surface area contributed by atoms with Crippen molar-refractivity contribution >= 4 is 45.0 Å². The molecule has 1 amide bonds. The highest BCUT2D eigenvalue weighted by molar-refractivity contribution is 9.09. The number of ether oxygens (including phenoxy) is 1. The molecule has 0 N–H and O–H groups in total. The third kappa shape index (κ3) is 3.67. The first kappa shape index (κ1) is 16.1. The van der Waals surface area contributed by atoms with Gasteiger partial charge in [0, 0.05) is 23.4 Å². The highest BCUT2D eigenvalue weighted by Gasteiger charge is 2.35. The number of morpholine rings is 1. The van der Waals surface area contributed by atoms with E-state index in [-0.39, 0.29) is 17.6 Å². The summed E-state index contributed by atoms with van der Waals surface area (Å²) in [7, 11) is 0. The van der Waals surface area contributed by atoms with Crippen LogP contribution < -0.4 is 0 Å². The molecule has 1 aliphatic heterocycles. The van der Waals surface area contributed by atoms with Crippen molar-refractivity contribution in [1.29, 1.82) is 0 Å². The summed E-state index contributed by atoms with van der Waals surface area (Å²) >= 11 is 15.5. The van der Waals surface area contributed by atoms with Gasteiger partial charge in [-0.2, -0.15) is 0 Å². The van der Waals surface area contributed by atoms with E-state index in [1.807, 2.05) is 13.8 Å². The van der Waals surface area contributed by atoms with Crippen molar-refractivity contribution in [3.63, 3.8) is 0 Å². The van der Waals surface area contributed by atoms with Gasteiger partial charge in [0.15, 0.2) is 0 Å².